The van der Waals surface area contributed by atoms with Crippen molar-refractivity contribution in [3.05, 3.63) is 168 Å². The lowest BCUT2D eigenvalue weighted by molar-refractivity contribution is 0.598. The van der Waals surface area contributed by atoms with Crippen molar-refractivity contribution in [3.63, 3.8) is 0 Å². The lowest BCUT2D eigenvalue weighted by Crippen LogP contribution is -2.19. The Bertz CT molecular complexity index is 1690. The number of aryl methyl sites for hydroxylation is 1. The zero-order valence-electron chi connectivity index (χ0n) is 22.3. The van der Waals surface area contributed by atoms with Crippen molar-refractivity contribution in [2.24, 2.45) is 4.15 Å². The van der Waals surface area contributed by atoms with Gasteiger partial charge in [0.05, 0.1) is 11.9 Å². The predicted molar refractivity (Wildman–Crippen MR) is 168 cm³/mol. The van der Waals surface area contributed by atoms with E-state index in [-0.39, 0.29) is 4.90 Å². The van der Waals surface area contributed by atoms with Crippen molar-refractivity contribution < 1.29 is 8.42 Å². The van der Waals surface area contributed by atoms with Gasteiger partial charge in [0.25, 0.3) is 10.0 Å². The van der Waals surface area contributed by atoms with Gasteiger partial charge in [0.2, 0.25) is 0 Å². The standard InChI is InChI=1S/C34H31N2O2PS/c1-28-22-24-33(25-23-28)40(37,38)36-39(31-18-10-4-11-19-31,32-20-12-5-13-21-32)27-34(30-16-8-3-9-17-30)35-26-29-14-6-2-7-15-29/h2-25,27,35H,26H2,1H3/b34-27+. The molecular formula is C34H31N2O2PS. The van der Waals surface area contributed by atoms with Crippen LogP contribution >= 0.6 is 7.05 Å². The largest absolute Gasteiger partial charge is 0.380 e. The van der Waals surface area contributed by atoms with Crippen LogP contribution in [0, 0.1) is 6.92 Å². The Balaban J connectivity index is 1.81. The maximum atomic E-state index is 14.0. The Morgan fingerprint density at radius 2 is 1.15 bits per heavy atom. The summed E-state index contributed by atoms with van der Waals surface area (Å²) in [5, 5.41) is 5.32. The maximum Gasteiger partial charge on any atom is 0.281 e. The minimum atomic E-state index is -4.02. The van der Waals surface area contributed by atoms with Crippen LogP contribution in [0.25, 0.3) is 5.70 Å². The molecule has 0 heterocycles. The fourth-order valence-electron chi connectivity index (χ4n) is 4.47. The van der Waals surface area contributed by atoms with Gasteiger partial charge in [-0.15, -0.1) is 0 Å². The molecule has 5 rings (SSSR count). The molecule has 0 spiro atoms. The number of sulfonamides is 1. The van der Waals surface area contributed by atoms with Crippen molar-refractivity contribution in [1.29, 1.82) is 0 Å². The van der Waals surface area contributed by atoms with Gasteiger partial charge in [0.15, 0.2) is 0 Å². The zero-order valence-corrected chi connectivity index (χ0v) is 24.0. The van der Waals surface area contributed by atoms with E-state index in [2.05, 4.69) is 23.3 Å². The highest BCUT2D eigenvalue weighted by atomic mass is 32.2. The first kappa shape index (κ1) is 27.4. The molecule has 0 saturated heterocycles. The van der Waals surface area contributed by atoms with Gasteiger partial charge in [-0.1, -0.05) is 139 Å². The van der Waals surface area contributed by atoms with E-state index < -0.39 is 17.1 Å². The van der Waals surface area contributed by atoms with Gasteiger partial charge in [-0.2, -0.15) is 12.6 Å². The Morgan fingerprint density at radius 1 is 0.675 bits per heavy atom. The van der Waals surface area contributed by atoms with E-state index in [1.165, 1.54) is 0 Å². The van der Waals surface area contributed by atoms with Gasteiger partial charge in [-0.25, -0.2) is 0 Å². The highest BCUT2D eigenvalue weighted by Crippen LogP contribution is 2.52. The quantitative estimate of drug-likeness (QED) is 0.192. The summed E-state index contributed by atoms with van der Waals surface area (Å²) in [5.41, 5.74) is 3.89. The first-order chi connectivity index (χ1) is 19.5. The van der Waals surface area contributed by atoms with E-state index in [4.69, 9.17) is 4.15 Å². The molecule has 40 heavy (non-hydrogen) atoms. The second kappa shape index (κ2) is 12.3. The second-order valence-electron chi connectivity index (χ2n) is 9.47. The van der Waals surface area contributed by atoms with E-state index in [0.717, 1.165) is 33.0 Å². The molecule has 0 amide bonds. The highest BCUT2D eigenvalue weighted by molar-refractivity contribution is 7.98. The number of benzene rings is 5. The molecular weight excluding hydrogens is 531 g/mol. The summed E-state index contributed by atoms with van der Waals surface area (Å²) >= 11 is 0. The van der Waals surface area contributed by atoms with Gasteiger partial charge < -0.3 is 5.32 Å². The molecule has 6 heteroatoms. The molecule has 0 aliphatic heterocycles. The summed E-state index contributed by atoms with van der Waals surface area (Å²) in [5.74, 6) is 2.06. The first-order valence-corrected chi connectivity index (χ1v) is 16.3. The zero-order chi connectivity index (χ0) is 27.8. The normalized spacial score (nSPS) is 12.1. The average molecular weight is 563 g/mol. The summed E-state index contributed by atoms with van der Waals surface area (Å²) in [4.78, 5) is 0.182. The summed E-state index contributed by atoms with van der Waals surface area (Å²) in [6.45, 7) is 2.52. The molecule has 5 aromatic rings. The third kappa shape index (κ3) is 6.34. The topological polar surface area (TPSA) is 58.5 Å². The molecule has 0 aliphatic carbocycles. The fourth-order valence-corrected chi connectivity index (χ4v) is 10.1. The molecule has 0 radical (unpaired) electrons. The Hall–Kier alpha value is -4.18. The molecule has 0 atom stereocenters. The number of nitrogens with zero attached hydrogens (tertiary/aromatic N) is 1. The van der Waals surface area contributed by atoms with Crippen molar-refractivity contribution in [3.8, 4) is 0 Å². The Morgan fingerprint density at radius 3 is 1.68 bits per heavy atom. The number of hydrogen-bond donors (Lipinski definition) is 1. The van der Waals surface area contributed by atoms with Crippen LogP contribution in [0.1, 0.15) is 16.7 Å². The second-order valence-corrected chi connectivity index (χ2v) is 14.2. The molecule has 0 bridgehead atoms. The van der Waals surface area contributed by atoms with Crippen molar-refractivity contribution in [2.75, 3.05) is 0 Å². The highest BCUT2D eigenvalue weighted by Gasteiger charge is 2.28. The predicted octanol–water partition coefficient (Wildman–Crippen LogP) is 7.32. The van der Waals surface area contributed by atoms with Gasteiger partial charge in [0.1, 0.15) is 0 Å². The summed E-state index contributed by atoms with van der Waals surface area (Å²) in [6.07, 6.45) is 0. The number of nitrogens with one attached hydrogen (secondary N) is 1. The molecule has 1 N–H and O–H groups in total. The van der Waals surface area contributed by atoms with Crippen LogP contribution in [0.3, 0.4) is 0 Å². The maximum absolute atomic E-state index is 14.0. The number of rotatable bonds is 9. The Labute approximate surface area is 237 Å². The molecule has 5 aromatic carbocycles. The average Bonchev–Trinajstić information content (AvgIpc) is 3.00. The van der Waals surface area contributed by atoms with E-state index in [0.29, 0.717) is 6.54 Å². The van der Waals surface area contributed by atoms with Gasteiger partial charge >= 0.3 is 0 Å². The van der Waals surface area contributed by atoms with E-state index in [1.807, 2.05) is 116 Å². The van der Waals surface area contributed by atoms with Gasteiger partial charge in [-0.05, 0) is 36.0 Å². The van der Waals surface area contributed by atoms with Crippen molar-refractivity contribution in [2.45, 2.75) is 18.4 Å². The molecule has 0 aromatic heterocycles. The minimum absolute atomic E-state index is 0.182. The third-order valence-electron chi connectivity index (χ3n) is 6.58. The van der Waals surface area contributed by atoms with E-state index in [9.17, 15) is 8.42 Å². The van der Waals surface area contributed by atoms with Gasteiger partial charge in [0, 0.05) is 22.9 Å². The van der Waals surface area contributed by atoms with Crippen LogP contribution < -0.4 is 15.9 Å². The smallest absolute Gasteiger partial charge is 0.281 e. The third-order valence-corrected chi connectivity index (χ3v) is 12.1. The molecule has 0 aliphatic rings. The Kier molecular flexibility index (Phi) is 8.45. The molecule has 4 nitrogen and oxygen atoms in total. The first-order valence-electron chi connectivity index (χ1n) is 13.1. The van der Waals surface area contributed by atoms with E-state index in [1.54, 1.807) is 24.3 Å². The van der Waals surface area contributed by atoms with Crippen LogP contribution in [0.4, 0.5) is 0 Å². The summed E-state index contributed by atoms with van der Waals surface area (Å²) in [6, 6.07) is 46.6. The van der Waals surface area contributed by atoms with Crippen LogP contribution in [0.15, 0.2) is 160 Å². The molecule has 0 fully saturated rings. The van der Waals surface area contributed by atoms with Crippen molar-refractivity contribution in [1.82, 2.24) is 5.32 Å². The van der Waals surface area contributed by atoms with Crippen LogP contribution in [0.5, 0.6) is 0 Å². The molecule has 200 valence electrons. The SMILES string of the molecule is Cc1ccc(S(=O)(=O)N=P(/C=C(/NCc2ccccc2)c2ccccc2)(c2ccccc2)c2ccccc2)cc1. The molecule has 0 saturated carbocycles. The lowest BCUT2D eigenvalue weighted by atomic mass is 10.1. The van der Waals surface area contributed by atoms with Crippen molar-refractivity contribution >= 4 is 33.4 Å². The number of hydrogen-bond acceptors (Lipinski definition) is 3. The van der Waals surface area contributed by atoms with Crippen LogP contribution in [-0.4, -0.2) is 8.42 Å². The summed E-state index contributed by atoms with van der Waals surface area (Å²) in [7, 11) is -7.05. The minimum Gasteiger partial charge on any atom is -0.380 e. The van der Waals surface area contributed by atoms with Crippen LogP contribution in [0.2, 0.25) is 0 Å². The summed E-state index contributed by atoms with van der Waals surface area (Å²) < 4.78 is 32.9. The van der Waals surface area contributed by atoms with Crippen LogP contribution in [-0.2, 0) is 16.6 Å². The van der Waals surface area contributed by atoms with Gasteiger partial charge in [-0.3, -0.25) is 0 Å². The monoisotopic (exact) mass is 562 g/mol. The fraction of sp³-hybridized carbons (Fsp3) is 0.0588. The lowest BCUT2D eigenvalue weighted by Gasteiger charge is -2.25. The van der Waals surface area contributed by atoms with E-state index >= 15 is 0 Å². The molecule has 0 unspecified atom stereocenters.